The van der Waals surface area contributed by atoms with Crippen LogP contribution in [0.3, 0.4) is 0 Å². The Morgan fingerprint density at radius 3 is 2.83 bits per heavy atom. The first-order valence-electron chi connectivity index (χ1n) is 7.67. The molecule has 0 saturated heterocycles. The van der Waals surface area contributed by atoms with E-state index in [0.29, 0.717) is 18.4 Å². The van der Waals surface area contributed by atoms with Crippen molar-refractivity contribution in [2.45, 2.75) is 25.5 Å². The third-order valence-electron chi connectivity index (χ3n) is 3.87. The lowest BCUT2D eigenvalue weighted by Gasteiger charge is -2.18. The van der Waals surface area contributed by atoms with Crippen LogP contribution in [0.25, 0.3) is 0 Å². The first-order chi connectivity index (χ1) is 11.1. The van der Waals surface area contributed by atoms with E-state index in [1.807, 2.05) is 30.3 Å². The molecule has 0 amide bonds. The van der Waals surface area contributed by atoms with Crippen LogP contribution in [-0.2, 0) is 6.42 Å². The molecule has 5 heteroatoms. The van der Waals surface area contributed by atoms with Crippen LogP contribution in [0.15, 0.2) is 42.5 Å². The average molecular weight is 334 g/mol. The second kappa shape index (κ2) is 7.21. The average Bonchev–Trinajstić information content (AvgIpc) is 3.00. The highest BCUT2D eigenvalue weighted by atomic mass is 35.5. The molecule has 2 N–H and O–H groups in total. The van der Waals surface area contributed by atoms with Crippen molar-refractivity contribution >= 4 is 11.6 Å². The summed E-state index contributed by atoms with van der Waals surface area (Å²) < 4.78 is 10.7. The highest BCUT2D eigenvalue weighted by Crippen LogP contribution is 2.32. The van der Waals surface area contributed by atoms with E-state index in [1.165, 1.54) is 5.56 Å². The monoisotopic (exact) mass is 333 g/mol. The molecule has 1 heterocycles. The van der Waals surface area contributed by atoms with Crippen molar-refractivity contribution in [3.8, 4) is 11.5 Å². The topological polar surface area (TPSA) is 50.7 Å². The van der Waals surface area contributed by atoms with Gasteiger partial charge in [0.2, 0.25) is 6.79 Å². The number of hydrogen-bond donors (Lipinski definition) is 2. The minimum Gasteiger partial charge on any atom is -0.454 e. The molecule has 0 saturated carbocycles. The van der Waals surface area contributed by atoms with Crippen molar-refractivity contribution in [1.82, 2.24) is 5.32 Å². The lowest BCUT2D eigenvalue weighted by Crippen LogP contribution is -2.32. The molecule has 2 unspecified atom stereocenters. The molecule has 1 aliphatic heterocycles. The molecule has 3 rings (SSSR count). The number of hydrogen-bond acceptors (Lipinski definition) is 4. The molecule has 23 heavy (non-hydrogen) atoms. The lowest BCUT2D eigenvalue weighted by molar-refractivity contribution is 0.170. The molecule has 2 aromatic rings. The fourth-order valence-corrected chi connectivity index (χ4v) is 2.84. The normalized spacial score (nSPS) is 15.4. The Bertz CT molecular complexity index is 677. The van der Waals surface area contributed by atoms with Crippen molar-refractivity contribution in [3.05, 3.63) is 58.6 Å². The number of nitrogens with one attached hydrogen (secondary N) is 1. The van der Waals surface area contributed by atoms with Gasteiger partial charge in [0.1, 0.15) is 0 Å². The van der Waals surface area contributed by atoms with Gasteiger partial charge in [-0.25, -0.2) is 0 Å². The van der Waals surface area contributed by atoms with E-state index < -0.39 is 6.10 Å². The highest BCUT2D eigenvalue weighted by Gasteiger charge is 2.15. The van der Waals surface area contributed by atoms with Crippen LogP contribution in [0, 0.1) is 0 Å². The zero-order valence-electron chi connectivity index (χ0n) is 13.0. The number of fused-ring (bicyclic) bond motifs is 1. The summed E-state index contributed by atoms with van der Waals surface area (Å²) in [6.07, 6.45) is 0.270. The molecular formula is C18H20ClNO3. The van der Waals surface area contributed by atoms with Crippen LogP contribution >= 0.6 is 11.6 Å². The van der Waals surface area contributed by atoms with Gasteiger partial charge in [0.05, 0.1) is 6.10 Å². The number of ether oxygens (including phenoxy) is 2. The molecule has 0 aliphatic carbocycles. The third-order valence-corrected chi connectivity index (χ3v) is 4.11. The maximum absolute atomic E-state index is 10.2. The number of aliphatic hydroxyl groups is 1. The maximum atomic E-state index is 10.2. The minimum absolute atomic E-state index is 0.226. The van der Waals surface area contributed by atoms with Crippen LogP contribution in [0.2, 0.25) is 5.02 Å². The van der Waals surface area contributed by atoms with E-state index in [9.17, 15) is 5.11 Å². The van der Waals surface area contributed by atoms with Crippen molar-refractivity contribution in [3.63, 3.8) is 0 Å². The summed E-state index contributed by atoms with van der Waals surface area (Å²) in [4.78, 5) is 0. The van der Waals surface area contributed by atoms with Crippen molar-refractivity contribution in [1.29, 1.82) is 0 Å². The van der Waals surface area contributed by atoms with Gasteiger partial charge in [-0.2, -0.15) is 0 Å². The van der Waals surface area contributed by atoms with E-state index in [-0.39, 0.29) is 6.04 Å². The summed E-state index contributed by atoms with van der Waals surface area (Å²) >= 11 is 5.95. The van der Waals surface area contributed by atoms with Gasteiger partial charge in [0, 0.05) is 17.6 Å². The molecule has 4 nitrogen and oxygen atoms in total. The Morgan fingerprint density at radius 1 is 1.17 bits per heavy atom. The van der Waals surface area contributed by atoms with Gasteiger partial charge in [0.25, 0.3) is 0 Å². The largest absolute Gasteiger partial charge is 0.454 e. The fourth-order valence-electron chi connectivity index (χ4n) is 2.64. The van der Waals surface area contributed by atoms with Gasteiger partial charge in [-0.1, -0.05) is 29.8 Å². The van der Waals surface area contributed by atoms with Crippen molar-refractivity contribution < 1.29 is 14.6 Å². The summed E-state index contributed by atoms with van der Waals surface area (Å²) in [5.74, 6) is 1.60. The van der Waals surface area contributed by atoms with Gasteiger partial charge in [-0.3, -0.25) is 0 Å². The zero-order chi connectivity index (χ0) is 16.2. The van der Waals surface area contributed by atoms with Crippen LogP contribution in [0.5, 0.6) is 11.5 Å². The van der Waals surface area contributed by atoms with Gasteiger partial charge in [-0.05, 0) is 48.7 Å². The number of rotatable bonds is 6. The summed E-state index contributed by atoms with van der Waals surface area (Å²) in [6.45, 7) is 2.86. The number of aliphatic hydroxyl groups excluding tert-OH is 1. The Balaban J connectivity index is 1.52. The molecular weight excluding hydrogens is 314 g/mol. The number of benzene rings is 2. The third kappa shape index (κ3) is 4.16. The Labute approximate surface area is 141 Å². The van der Waals surface area contributed by atoms with Gasteiger partial charge in [-0.15, -0.1) is 0 Å². The molecule has 0 spiro atoms. The standard InChI is InChI=1S/C18H20ClNO3/c1-12(7-13-5-6-17-18(8-13)23-11-22-17)20-10-16(21)14-3-2-4-15(19)9-14/h2-6,8-9,12,16,20-21H,7,10-11H2,1H3. The summed E-state index contributed by atoms with van der Waals surface area (Å²) in [6, 6.07) is 13.5. The first-order valence-corrected chi connectivity index (χ1v) is 8.05. The molecule has 0 fully saturated rings. The smallest absolute Gasteiger partial charge is 0.231 e. The van der Waals surface area contributed by atoms with E-state index in [0.717, 1.165) is 23.5 Å². The van der Waals surface area contributed by atoms with E-state index >= 15 is 0 Å². The number of halogens is 1. The van der Waals surface area contributed by atoms with Crippen LogP contribution < -0.4 is 14.8 Å². The van der Waals surface area contributed by atoms with Gasteiger partial charge >= 0.3 is 0 Å². The molecule has 2 atom stereocenters. The Kier molecular flexibility index (Phi) is 5.06. The molecule has 122 valence electrons. The molecule has 0 aromatic heterocycles. The van der Waals surface area contributed by atoms with Crippen LogP contribution in [0.4, 0.5) is 0 Å². The zero-order valence-corrected chi connectivity index (χ0v) is 13.7. The summed E-state index contributed by atoms with van der Waals surface area (Å²) in [5.41, 5.74) is 1.99. The Hall–Kier alpha value is -1.75. The van der Waals surface area contributed by atoms with E-state index in [4.69, 9.17) is 21.1 Å². The van der Waals surface area contributed by atoms with Gasteiger partial charge < -0.3 is 19.9 Å². The quantitative estimate of drug-likeness (QED) is 0.851. The van der Waals surface area contributed by atoms with Crippen LogP contribution in [0.1, 0.15) is 24.2 Å². The second-order valence-corrected chi connectivity index (χ2v) is 6.21. The maximum Gasteiger partial charge on any atom is 0.231 e. The molecule has 0 bridgehead atoms. The predicted octanol–water partition coefficient (Wildman–Crippen LogP) is 3.32. The van der Waals surface area contributed by atoms with Gasteiger partial charge in [0.15, 0.2) is 11.5 Å². The predicted molar refractivity (Wildman–Crippen MR) is 90.1 cm³/mol. The SMILES string of the molecule is CC(Cc1ccc2c(c1)OCO2)NCC(O)c1cccc(Cl)c1. The second-order valence-electron chi connectivity index (χ2n) is 5.77. The molecule has 2 aromatic carbocycles. The Morgan fingerprint density at radius 2 is 2.00 bits per heavy atom. The van der Waals surface area contributed by atoms with E-state index in [1.54, 1.807) is 12.1 Å². The minimum atomic E-state index is -0.576. The molecule has 1 aliphatic rings. The summed E-state index contributed by atoms with van der Waals surface area (Å²) in [5, 5.41) is 14.2. The van der Waals surface area contributed by atoms with E-state index in [2.05, 4.69) is 12.2 Å². The fraction of sp³-hybridized carbons (Fsp3) is 0.333. The van der Waals surface area contributed by atoms with Crippen LogP contribution in [-0.4, -0.2) is 24.5 Å². The van der Waals surface area contributed by atoms with Crippen molar-refractivity contribution in [2.75, 3.05) is 13.3 Å². The first kappa shape index (κ1) is 16.1. The summed E-state index contributed by atoms with van der Waals surface area (Å²) in [7, 11) is 0. The lowest BCUT2D eigenvalue weighted by atomic mass is 10.1. The molecule has 0 radical (unpaired) electrons. The highest BCUT2D eigenvalue weighted by molar-refractivity contribution is 6.30. The van der Waals surface area contributed by atoms with Crippen molar-refractivity contribution in [2.24, 2.45) is 0 Å².